The van der Waals surface area contributed by atoms with Gasteiger partial charge < -0.3 is 0 Å². The fraction of sp³-hybridized carbons (Fsp3) is 0.462. The highest BCUT2D eigenvalue weighted by Crippen LogP contribution is 2.70. The lowest BCUT2D eigenvalue weighted by atomic mass is 10.1. The fourth-order valence-corrected chi connectivity index (χ4v) is 7.64. The summed E-state index contributed by atoms with van der Waals surface area (Å²) >= 11 is 4.79. The summed E-state index contributed by atoms with van der Waals surface area (Å²) in [5, 5.41) is 0. The maximum Gasteiger partial charge on any atom is 0.405 e. The second-order valence-corrected chi connectivity index (χ2v) is 16.3. The Balaban J connectivity index is 2.14. The third kappa shape index (κ3) is 9.59. The lowest BCUT2D eigenvalue weighted by Gasteiger charge is -2.36. The van der Waals surface area contributed by atoms with Crippen LogP contribution in [0.15, 0.2) is 57.9 Å². The molecule has 0 unspecified atom stereocenters. The third-order valence-corrected chi connectivity index (χ3v) is 9.81. The predicted molar refractivity (Wildman–Crippen MR) is 152 cm³/mol. The number of thioether (sulfide) groups is 1. The van der Waals surface area contributed by atoms with Crippen LogP contribution in [0.25, 0.3) is 6.08 Å². The average Bonchev–Trinajstić information content (AvgIpc) is 2.70. The number of hydrogen-bond acceptors (Lipinski definition) is 6. The van der Waals surface area contributed by atoms with Crippen LogP contribution in [0.2, 0.25) is 0 Å². The van der Waals surface area contributed by atoms with Crippen molar-refractivity contribution in [3.8, 4) is 0 Å². The highest BCUT2D eigenvalue weighted by molar-refractivity contribution is 9.10. The van der Waals surface area contributed by atoms with Crippen LogP contribution < -0.4 is 0 Å². The standard InChI is InChI=1S/C26H34BrF2O5PS2/c1-24(2,3)33-35(30,34-25(4,5)6)26(28,29)22-14-13-20(17-23(22)27)18-36-15-9-11-19-10-8-12-21(16-19)37(7,31)32/h8-14,16-17H,15,18H2,1-7H3/b11-9+. The Hall–Kier alpha value is -1.03. The molecule has 37 heavy (non-hydrogen) atoms. The Bertz CT molecular complexity index is 1260. The number of rotatable bonds is 10. The van der Waals surface area contributed by atoms with Gasteiger partial charge in [-0.05, 0) is 70.9 Å². The van der Waals surface area contributed by atoms with Crippen LogP contribution in [0.5, 0.6) is 0 Å². The van der Waals surface area contributed by atoms with E-state index in [2.05, 4.69) is 15.9 Å². The first-order valence-corrected chi connectivity index (χ1v) is 16.8. The molecule has 0 radical (unpaired) electrons. The van der Waals surface area contributed by atoms with Gasteiger partial charge in [-0.25, -0.2) is 8.42 Å². The first-order valence-electron chi connectivity index (χ1n) is 11.5. The molecule has 5 nitrogen and oxygen atoms in total. The van der Waals surface area contributed by atoms with E-state index in [1.807, 2.05) is 18.2 Å². The summed E-state index contributed by atoms with van der Waals surface area (Å²) in [6.45, 7) is 9.30. The molecule has 0 atom stereocenters. The minimum atomic E-state index is -4.92. The molecule has 0 fully saturated rings. The van der Waals surface area contributed by atoms with Crippen molar-refractivity contribution in [2.24, 2.45) is 0 Å². The van der Waals surface area contributed by atoms with Crippen molar-refractivity contribution in [2.45, 2.75) is 69.1 Å². The SMILES string of the molecule is CC(C)(C)OP(=O)(OC(C)(C)C)C(F)(F)c1ccc(CSC/C=C/c2cccc(S(C)(=O)=O)c2)cc1Br. The van der Waals surface area contributed by atoms with Gasteiger partial charge in [0.15, 0.2) is 9.84 Å². The van der Waals surface area contributed by atoms with E-state index in [9.17, 15) is 13.0 Å². The second-order valence-electron chi connectivity index (χ2n) is 10.5. The largest absolute Gasteiger partial charge is 0.405 e. The quantitative estimate of drug-likeness (QED) is 0.192. The number of sulfone groups is 1. The Labute approximate surface area is 232 Å². The minimum absolute atomic E-state index is 0.110. The number of alkyl halides is 2. The van der Waals surface area contributed by atoms with E-state index in [1.165, 1.54) is 12.3 Å². The summed E-state index contributed by atoms with van der Waals surface area (Å²) in [7, 11) is -8.19. The molecule has 0 aliphatic carbocycles. The molecule has 0 saturated heterocycles. The van der Waals surface area contributed by atoms with Crippen molar-refractivity contribution >= 4 is 51.2 Å². The molecule has 2 aromatic rings. The van der Waals surface area contributed by atoms with Crippen LogP contribution in [-0.2, 0) is 34.9 Å². The van der Waals surface area contributed by atoms with Gasteiger partial charge in [-0.15, -0.1) is 0 Å². The van der Waals surface area contributed by atoms with E-state index in [0.717, 1.165) is 11.1 Å². The van der Waals surface area contributed by atoms with Gasteiger partial charge >= 0.3 is 13.3 Å². The van der Waals surface area contributed by atoms with E-state index in [0.29, 0.717) is 11.5 Å². The predicted octanol–water partition coefficient (Wildman–Crippen LogP) is 8.67. The van der Waals surface area contributed by atoms with Crippen molar-refractivity contribution < 1.29 is 30.8 Å². The second kappa shape index (κ2) is 12.0. The minimum Gasteiger partial charge on any atom is -0.298 e. The Morgan fingerprint density at radius 3 is 2.11 bits per heavy atom. The molecule has 0 bridgehead atoms. The maximum absolute atomic E-state index is 15.7. The number of halogens is 3. The summed E-state index contributed by atoms with van der Waals surface area (Å²) in [4.78, 5) is 0.259. The molecule has 2 rings (SSSR count). The molecule has 11 heteroatoms. The zero-order valence-electron chi connectivity index (χ0n) is 22.0. The number of hydrogen-bond donors (Lipinski definition) is 0. The van der Waals surface area contributed by atoms with Gasteiger partial charge in [0.2, 0.25) is 0 Å². The Morgan fingerprint density at radius 1 is 1.00 bits per heavy atom. The molecular formula is C26H34BrF2O5PS2. The van der Waals surface area contributed by atoms with Crippen LogP contribution in [-0.4, -0.2) is 31.6 Å². The van der Waals surface area contributed by atoms with Gasteiger partial charge in [0.1, 0.15) is 0 Å². The molecule has 2 aromatic carbocycles. The lowest BCUT2D eigenvalue weighted by Crippen LogP contribution is -2.30. The highest BCUT2D eigenvalue weighted by atomic mass is 79.9. The molecule has 0 aliphatic rings. The maximum atomic E-state index is 15.7. The third-order valence-electron chi connectivity index (χ3n) is 4.57. The molecule has 0 saturated carbocycles. The summed E-state index contributed by atoms with van der Waals surface area (Å²) in [5.74, 6) is 1.18. The summed E-state index contributed by atoms with van der Waals surface area (Å²) in [5.41, 5.74) is -5.02. The molecule has 0 amide bonds. The van der Waals surface area contributed by atoms with Gasteiger partial charge in [0, 0.05) is 27.8 Å². The van der Waals surface area contributed by atoms with Crippen LogP contribution >= 0.6 is 35.3 Å². The van der Waals surface area contributed by atoms with E-state index in [1.54, 1.807) is 83.6 Å². The Morgan fingerprint density at radius 2 is 1.59 bits per heavy atom. The first-order chi connectivity index (χ1) is 16.7. The van der Waals surface area contributed by atoms with Crippen molar-refractivity contribution in [3.63, 3.8) is 0 Å². The van der Waals surface area contributed by atoms with Crippen molar-refractivity contribution in [3.05, 3.63) is 69.7 Å². The van der Waals surface area contributed by atoms with E-state index < -0.39 is 39.9 Å². The number of benzene rings is 2. The van der Waals surface area contributed by atoms with Gasteiger partial charge in [0.25, 0.3) is 0 Å². The van der Waals surface area contributed by atoms with E-state index >= 15 is 8.78 Å². The molecule has 0 heterocycles. The van der Waals surface area contributed by atoms with Crippen LogP contribution in [0, 0.1) is 0 Å². The van der Waals surface area contributed by atoms with Crippen molar-refractivity contribution in [1.82, 2.24) is 0 Å². The van der Waals surface area contributed by atoms with Gasteiger partial charge in [-0.2, -0.15) is 20.5 Å². The topological polar surface area (TPSA) is 69.7 Å². The Kier molecular flexibility index (Phi) is 10.4. The normalized spacial score (nSPS) is 13.9. The molecule has 206 valence electrons. The average molecular weight is 640 g/mol. The molecular weight excluding hydrogens is 605 g/mol. The zero-order chi connectivity index (χ0) is 28.3. The smallest absolute Gasteiger partial charge is 0.298 e. The molecule has 0 aromatic heterocycles. The van der Waals surface area contributed by atoms with Crippen LogP contribution in [0.1, 0.15) is 58.2 Å². The first kappa shape index (κ1) is 32.2. The van der Waals surface area contributed by atoms with E-state index in [-0.39, 0.29) is 9.37 Å². The fourth-order valence-electron chi connectivity index (χ4n) is 3.17. The van der Waals surface area contributed by atoms with Gasteiger partial charge in [-0.3, -0.25) is 13.6 Å². The van der Waals surface area contributed by atoms with E-state index in [4.69, 9.17) is 9.05 Å². The lowest BCUT2D eigenvalue weighted by molar-refractivity contribution is -0.0216. The molecule has 0 spiro atoms. The summed E-state index contributed by atoms with van der Waals surface area (Å²) in [6, 6.07) is 11.1. The van der Waals surface area contributed by atoms with Crippen molar-refractivity contribution in [2.75, 3.05) is 12.0 Å². The van der Waals surface area contributed by atoms with Gasteiger partial charge in [-0.1, -0.05) is 52.3 Å². The summed E-state index contributed by atoms with van der Waals surface area (Å²) < 4.78 is 79.1. The monoisotopic (exact) mass is 638 g/mol. The highest BCUT2D eigenvalue weighted by Gasteiger charge is 2.59. The molecule has 0 N–H and O–H groups in total. The van der Waals surface area contributed by atoms with Crippen LogP contribution in [0.3, 0.4) is 0 Å². The molecule has 0 aliphatic heterocycles. The van der Waals surface area contributed by atoms with Crippen molar-refractivity contribution in [1.29, 1.82) is 0 Å². The van der Waals surface area contributed by atoms with Gasteiger partial charge in [0.05, 0.1) is 16.1 Å². The van der Waals surface area contributed by atoms with Crippen LogP contribution in [0.4, 0.5) is 8.78 Å². The summed E-state index contributed by atoms with van der Waals surface area (Å²) in [6.07, 6.45) is 4.91. The zero-order valence-corrected chi connectivity index (χ0v) is 26.2.